The molecule has 0 atom stereocenters. The standard InChI is InChI=1S/C6H10N4O/c1-3-10(4-2-7-1)6-8-5-9-11-6/h5,7H,1-4H2. The lowest BCUT2D eigenvalue weighted by Crippen LogP contribution is -2.43. The molecule has 1 saturated heterocycles. The summed E-state index contributed by atoms with van der Waals surface area (Å²) in [5.74, 6) is 0. The molecule has 1 N–H and O–H groups in total. The van der Waals surface area contributed by atoms with Crippen LogP contribution in [-0.4, -0.2) is 36.3 Å². The third kappa shape index (κ3) is 1.32. The summed E-state index contributed by atoms with van der Waals surface area (Å²) in [4.78, 5) is 6.03. The second kappa shape index (κ2) is 2.87. The van der Waals surface area contributed by atoms with Crippen molar-refractivity contribution in [3.63, 3.8) is 0 Å². The fourth-order valence-electron chi connectivity index (χ4n) is 1.16. The molecular formula is C6H10N4O. The summed E-state index contributed by atoms with van der Waals surface area (Å²) in [7, 11) is 0. The van der Waals surface area contributed by atoms with Gasteiger partial charge in [-0.2, -0.15) is 4.98 Å². The van der Waals surface area contributed by atoms with E-state index in [9.17, 15) is 0 Å². The highest BCUT2D eigenvalue weighted by atomic mass is 16.5. The zero-order valence-electron chi connectivity index (χ0n) is 6.16. The van der Waals surface area contributed by atoms with Gasteiger partial charge in [-0.15, -0.1) is 0 Å². The summed E-state index contributed by atoms with van der Waals surface area (Å²) >= 11 is 0. The lowest BCUT2D eigenvalue weighted by molar-refractivity contribution is 0.404. The Kier molecular flexibility index (Phi) is 1.72. The average molecular weight is 154 g/mol. The molecule has 0 bridgehead atoms. The molecule has 0 spiro atoms. The van der Waals surface area contributed by atoms with Crippen LogP contribution in [0.5, 0.6) is 0 Å². The second-order valence-electron chi connectivity index (χ2n) is 2.46. The lowest BCUT2D eigenvalue weighted by Gasteiger charge is -2.24. The Labute approximate surface area is 64.4 Å². The molecule has 5 nitrogen and oxygen atoms in total. The molecule has 2 heterocycles. The van der Waals surface area contributed by atoms with E-state index in [0.717, 1.165) is 26.2 Å². The van der Waals surface area contributed by atoms with Gasteiger partial charge in [0.1, 0.15) is 0 Å². The molecule has 11 heavy (non-hydrogen) atoms. The largest absolute Gasteiger partial charge is 0.323 e. The first-order chi connectivity index (χ1) is 5.47. The van der Waals surface area contributed by atoms with E-state index in [1.54, 1.807) is 0 Å². The number of hydrogen-bond donors (Lipinski definition) is 1. The van der Waals surface area contributed by atoms with E-state index < -0.39 is 0 Å². The molecule has 1 aromatic heterocycles. The van der Waals surface area contributed by atoms with Gasteiger partial charge in [-0.1, -0.05) is 5.16 Å². The fraction of sp³-hybridized carbons (Fsp3) is 0.667. The Hall–Kier alpha value is -1.10. The van der Waals surface area contributed by atoms with Crippen LogP contribution in [-0.2, 0) is 0 Å². The Morgan fingerprint density at radius 2 is 2.27 bits per heavy atom. The van der Waals surface area contributed by atoms with Gasteiger partial charge in [-0.25, -0.2) is 0 Å². The molecular weight excluding hydrogens is 144 g/mol. The van der Waals surface area contributed by atoms with Crippen LogP contribution < -0.4 is 10.2 Å². The SMILES string of the molecule is c1noc(N2CCNCC2)n1. The van der Waals surface area contributed by atoms with Gasteiger partial charge in [0.2, 0.25) is 0 Å². The van der Waals surface area contributed by atoms with Gasteiger partial charge in [-0.05, 0) is 0 Å². The van der Waals surface area contributed by atoms with Gasteiger partial charge in [-0.3, -0.25) is 0 Å². The molecule has 2 rings (SSSR count). The number of aromatic nitrogens is 2. The summed E-state index contributed by atoms with van der Waals surface area (Å²) in [5.41, 5.74) is 0. The Morgan fingerprint density at radius 3 is 2.91 bits per heavy atom. The summed E-state index contributed by atoms with van der Waals surface area (Å²) in [6.07, 6.45) is 1.43. The van der Waals surface area contributed by atoms with Gasteiger partial charge in [0.05, 0.1) is 0 Å². The molecule has 1 aromatic rings. The molecule has 1 aliphatic heterocycles. The summed E-state index contributed by atoms with van der Waals surface area (Å²) < 4.78 is 4.91. The molecule has 0 aliphatic carbocycles. The maximum atomic E-state index is 4.91. The maximum Gasteiger partial charge on any atom is 0.323 e. The highest BCUT2D eigenvalue weighted by Crippen LogP contribution is 2.07. The van der Waals surface area contributed by atoms with Crippen molar-refractivity contribution in [3.8, 4) is 0 Å². The van der Waals surface area contributed by atoms with Gasteiger partial charge >= 0.3 is 6.01 Å². The Bertz CT molecular complexity index is 204. The highest BCUT2D eigenvalue weighted by Gasteiger charge is 2.13. The van der Waals surface area contributed by atoms with Crippen molar-refractivity contribution in [2.24, 2.45) is 0 Å². The zero-order chi connectivity index (χ0) is 7.52. The van der Waals surface area contributed by atoms with Gasteiger partial charge in [0.15, 0.2) is 6.33 Å². The van der Waals surface area contributed by atoms with E-state index in [-0.39, 0.29) is 0 Å². The first-order valence-corrected chi connectivity index (χ1v) is 3.69. The van der Waals surface area contributed by atoms with Crippen molar-refractivity contribution in [2.45, 2.75) is 0 Å². The van der Waals surface area contributed by atoms with Crippen LogP contribution in [0.25, 0.3) is 0 Å². The summed E-state index contributed by atoms with van der Waals surface area (Å²) in [6, 6.07) is 0.631. The van der Waals surface area contributed by atoms with E-state index in [1.807, 2.05) is 0 Å². The maximum absolute atomic E-state index is 4.91. The second-order valence-corrected chi connectivity index (χ2v) is 2.46. The molecule has 0 saturated carbocycles. The summed E-state index contributed by atoms with van der Waals surface area (Å²) in [6.45, 7) is 3.87. The average Bonchev–Trinajstić information content (AvgIpc) is 2.58. The molecule has 0 aromatic carbocycles. The van der Waals surface area contributed by atoms with Crippen LogP contribution in [0.4, 0.5) is 6.01 Å². The molecule has 1 aliphatic rings. The fourth-order valence-corrected chi connectivity index (χ4v) is 1.16. The minimum Gasteiger partial charge on any atom is -0.322 e. The van der Waals surface area contributed by atoms with Crippen LogP contribution in [0, 0.1) is 0 Å². The smallest absolute Gasteiger partial charge is 0.322 e. The third-order valence-corrected chi connectivity index (χ3v) is 1.74. The van der Waals surface area contributed by atoms with E-state index in [2.05, 4.69) is 20.4 Å². The van der Waals surface area contributed by atoms with Crippen molar-refractivity contribution in [1.82, 2.24) is 15.5 Å². The van der Waals surface area contributed by atoms with E-state index >= 15 is 0 Å². The highest BCUT2D eigenvalue weighted by molar-refractivity contribution is 5.24. The van der Waals surface area contributed by atoms with Crippen molar-refractivity contribution in [3.05, 3.63) is 6.33 Å². The van der Waals surface area contributed by atoms with E-state index in [0.29, 0.717) is 6.01 Å². The minimum atomic E-state index is 0.631. The van der Waals surface area contributed by atoms with Crippen LogP contribution >= 0.6 is 0 Å². The monoisotopic (exact) mass is 154 g/mol. The van der Waals surface area contributed by atoms with Gasteiger partial charge in [0, 0.05) is 26.2 Å². The molecule has 0 radical (unpaired) electrons. The number of rotatable bonds is 1. The first-order valence-electron chi connectivity index (χ1n) is 3.69. The Morgan fingerprint density at radius 1 is 1.45 bits per heavy atom. The van der Waals surface area contributed by atoms with Crippen molar-refractivity contribution < 1.29 is 4.52 Å². The third-order valence-electron chi connectivity index (χ3n) is 1.74. The van der Waals surface area contributed by atoms with E-state index in [1.165, 1.54) is 6.33 Å². The van der Waals surface area contributed by atoms with E-state index in [4.69, 9.17) is 4.52 Å². The first kappa shape index (κ1) is 6.60. The van der Waals surface area contributed by atoms with Gasteiger partial charge in [0.25, 0.3) is 0 Å². The van der Waals surface area contributed by atoms with Crippen LogP contribution in [0.3, 0.4) is 0 Å². The lowest BCUT2D eigenvalue weighted by atomic mass is 10.4. The van der Waals surface area contributed by atoms with Gasteiger partial charge < -0.3 is 14.7 Å². The van der Waals surface area contributed by atoms with Crippen molar-refractivity contribution in [1.29, 1.82) is 0 Å². The minimum absolute atomic E-state index is 0.631. The molecule has 5 heteroatoms. The number of nitrogens with zero attached hydrogens (tertiary/aromatic N) is 3. The predicted octanol–water partition coefficient (Wildman–Crippen LogP) is -0.521. The van der Waals surface area contributed by atoms with Crippen LogP contribution in [0.2, 0.25) is 0 Å². The number of piperazine rings is 1. The number of hydrogen-bond acceptors (Lipinski definition) is 5. The van der Waals surface area contributed by atoms with Crippen LogP contribution in [0.1, 0.15) is 0 Å². The van der Waals surface area contributed by atoms with Crippen molar-refractivity contribution in [2.75, 3.05) is 31.1 Å². The number of nitrogens with one attached hydrogen (secondary N) is 1. The summed E-state index contributed by atoms with van der Waals surface area (Å²) in [5, 5.41) is 6.79. The predicted molar refractivity (Wildman–Crippen MR) is 39.4 cm³/mol. The molecule has 60 valence electrons. The molecule has 0 unspecified atom stereocenters. The zero-order valence-corrected chi connectivity index (χ0v) is 6.16. The topological polar surface area (TPSA) is 54.2 Å². The number of anilines is 1. The Balaban J connectivity index is 2.04. The van der Waals surface area contributed by atoms with Crippen LogP contribution in [0.15, 0.2) is 10.9 Å². The quantitative estimate of drug-likeness (QED) is 0.589. The molecule has 0 amide bonds. The van der Waals surface area contributed by atoms with Crippen molar-refractivity contribution >= 4 is 6.01 Å². The normalized spacial score (nSPS) is 18.7. The molecule has 1 fully saturated rings.